The lowest BCUT2D eigenvalue weighted by atomic mass is 10.1. The Balaban J connectivity index is 2.15. The molecule has 0 atom stereocenters. The van der Waals surface area contributed by atoms with Crippen molar-refractivity contribution in [3.05, 3.63) is 48.4 Å². The third-order valence-electron chi connectivity index (χ3n) is 2.96. The fourth-order valence-electron chi connectivity index (χ4n) is 1.96. The molecule has 7 heteroatoms. The standard InChI is InChI=1S/C13H9F3N4/c14-13(15,16)8-6-19-20(7-8)11-4-3-10-9(12(11)17)2-1-5-18-10/h1-7H,17H2. The van der Waals surface area contributed by atoms with Crippen LogP contribution in [0.25, 0.3) is 16.6 Å². The van der Waals surface area contributed by atoms with Gasteiger partial charge in [-0.1, -0.05) is 0 Å². The minimum absolute atomic E-state index is 0.340. The molecule has 2 N–H and O–H groups in total. The van der Waals surface area contributed by atoms with Crippen LogP contribution < -0.4 is 5.73 Å². The molecule has 0 spiro atoms. The van der Waals surface area contributed by atoms with Gasteiger partial charge in [0.25, 0.3) is 0 Å². The van der Waals surface area contributed by atoms with Crippen molar-refractivity contribution in [2.45, 2.75) is 6.18 Å². The molecule has 0 aliphatic rings. The van der Waals surface area contributed by atoms with Crippen LogP contribution in [0.15, 0.2) is 42.9 Å². The number of anilines is 1. The second kappa shape index (κ2) is 4.22. The van der Waals surface area contributed by atoms with Crippen LogP contribution in [-0.4, -0.2) is 14.8 Å². The van der Waals surface area contributed by atoms with E-state index in [0.717, 1.165) is 17.1 Å². The van der Waals surface area contributed by atoms with Crippen LogP contribution in [0.2, 0.25) is 0 Å². The number of rotatable bonds is 1. The van der Waals surface area contributed by atoms with Gasteiger partial charge in [-0.05, 0) is 24.3 Å². The summed E-state index contributed by atoms with van der Waals surface area (Å²) in [5.41, 5.74) is 6.58. The molecule has 20 heavy (non-hydrogen) atoms. The molecular weight excluding hydrogens is 269 g/mol. The van der Waals surface area contributed by atoms with Crippen LogP contribution in [0.5, 0.6) is 0 Å². The highest BCUT2D eigenvalue weighted by molar-refractivity contribution is 5.94. The van der Waals surface area contributed by atoms with Crippen molar-refractivity contribution in [1.82, 2.24) is 14.8 Å². The number of halogens is 3. The maximum atomic E-state index is 12.6. The second-order valence-electron chi connectivity index (χ2n) is 4.24. The average molecular weight is 278 g/mol. The van der Waals surface area contributed by atoms with Crippen LogP contribution >= 0.6 is 0 Å². The smallest absolute Gasteiger partial charge is 0.396 e. The van der Waals surface area contributed by atoms with Gasteiger partial charge in [0.2, 0.25) is 0 Å². The van der Waals surface area contributed by atoms with E-state index < -0.39 is 11.7 Å². The molecule has 3 rings (SSSR count). The fourth-order valence-corrected chi connectivity index (χ4v) is 1.96. The zero-order valence-corrected chi connectivity index (χ0v) is 10.1. The molecule has 0 unspecified atom stereocenters. The lowest BCUT2D eigenvalue weighted by molar-refractivity contribution is -0.137. The maximum Gasteiger partial charge on any atom is 0.419 e. The van der Waals surface area contributed by atoms with Gasteiger partial charge >= 0.3 is 6.18 Å². The van der Waals surface area contributed by atoms with Crippen LogP contribution in [0.4, 0.5) is 18.9 Å². The third-order valence-corrected chi connectivity index (χ3v) is 2.96. The van der Waals surface area contributed by atoms with Crippen molar-refractivity contribution in [2.75, 3.05) is 5.73 Å². The summed E-state index contributed by atoms with van der Waals surface area (Å²) in [6.45, 7) is 0. The summed E-state index contributed by atoms with van der Waals surface area (Å²) in [4.78, 5) is 4.13. The first-order valence-corrected chi connectivity index (χ1v) is 5.72. The third kappa shape index (κ3) is 1.97. The van der Waals surface area contributed by atoms with Crippen molar-refractivity contribution in [1.29, 1.82) is 0 Å². The second-order valence-corrected chi connectivity index (χ2v) is 4.24. The number of fused-ring (bicyclic) bond motifs is 1. The summed E-state index contributed by atoms with van der Waals surface area (Å²) in [5, 5.41) is 4.39. The van der Waals surface area contributed by atoms with Gasteiger partial charge in [0.1, 0.15) is 0 Å². The van der Waals surface area contributed by atoms with E-state index in [1.54, 1.807) is 30.5 Å². The molecule has 0 saturated carbocycles. The number of hydrogen-bond acceptors (Lipinski definition) is 3. The van der Waals surface area contributed by atoms with Crippen LogP contribution in [0.3, 0.4) is 0 Å². The van der Waals surface area contributed by atoms with E-state index in [1.807, 2.05) is 0 Å². The van der Waals surface area contributed by atoms with Crippen molar-refractivity contribution >= 4 is 16.6 Å². The maximum absolute atomic E-state index is 12.6. The summed E-state index contributed by atoms with van der Waals surface area (Å²) in [6, 6.07) is 6.76. The largest absolute Gasteiger partial charge is 0.419 e. The highest BCUT2D eigenvalue weighted by Crippen LogP contribution is 2.31. The van der Waals surface area contributed by atoms with Crippen LogP contribution in [0, 0.1) is 0 Å². The number of benzene rings is 1. The van der Waals surface area contributed by atoms with Gasteiger partial charge in [0.05, 0.1) is 28.7 Å². The summed E-state index contributed by atoms with van der Waals surface area (Å²) in [5.74, 6) is 0. The number of alkyl halides is 3. The first-order valence-electron chi connectivity index (χ1n) is 5.72. The molecule has 0 aliphatic carbocycles. The number of nitrogen functional groups attached to an aromatic ring is 1. The van der Waals surface area contributed by atoms with Crippen LogP contribution in [0.1, 0.15) is 5.56 Å². The van der Waals surface area contributed by atoms with Gasteiger partial charge in [0, 0.05) is 17.8 Å². The first-order chi connectivity index (χ1) is 9.47. The fraction of sp³-hybridized carbons (Fsp3) is 0.0769. The number of pyridine rings is 1. The molecule has 0 bridgehead atoms. The highest BCUT2D eigenvalue weighted by atomic mass is 19.4. The summed E-state index contributed by atoms with van der Waals surface area (Å²) in [6.07, 6.45) is -1.12. The first kappa shape index (κ1) is 12.5. The van der Waals surface area contributed by atoms with E-state index >= 15 is 0 Å². The van der Waals surface area contributed by atoms with Gasteiger partial charge in [-0.3, -0.25) is 4.98 Å². The van der Waals surface area contributed by atoms with Crippen molar-refractivity contribution in [2.24, 2.45) is 0 Å². The molecule has 0 fully saturated rings. The molecule has 0 radical (unpaired) electrons. The SMILES string of the molecule is Nc1c(-n2cc(C(F)(F)F)cn2)ccc2ncccc12. The molecular formula is C13H9F3N4. The minimum atomic E-state index is -4.43. The predicted molar refractivity (Wildman–Crippen MR) is 68.3 cm³/mol. The van der Waals surface area contributed by atoms with Gasteiger partial charge in [-0.2, -0.15) is 18.3 Å². The Labute approximate surface area is 111 Å². The normalized spacial score (nSPS) is 11.9. The quantitative estimate of drug-likeness (QED) is 0.696. The van der Waals surface area contributed by atoms with Crippen LogP contribution in [-0.2, 0) is 6.18 Å². The molecule has 4 nitrogen and oxygen atoms in total. The molecule has 2 aromatic heterocycles. The summed E-state index contributed by atoms with van der Waals surface area (Å²) in [7, 11) is 0. The Morgan fingerprint density at radius 3 is 2.65 bits per heavy atom. The van der Waals surface area contributed by atoms with E-state index in [0.29, 0.717) is 22.3 Å². The zero-order valence-electron chi connectivity index (χ0n) is 10.1. The van der Waals surface area contributed by atoms with E-state index in [2.05, 4.69) is 10.1 Å². The molecule has 3 aromatic rings. The molecule has 2 heterocycles. The monoisotopic (exact) mass is 278 g/mol. The Bertz CT molecular complexity index is 777. The molecule has 1 aromatic carbocycles. The van der Waals surface area contributed by atoms with E-state index in [9.17, 15) is 13.2 Å². The number of hydrogen-bond donors (Lipinski definition) is 1. The van der Waals surface area contributed by atoms with Crippen molar-refractivity contribution in [3.8, 4) is 5.69 Å². The number of nitrogens with two attached hydrogens (primary N) is 1. The highest BCUT2D eigenvalue weighted by Gasteiger charge is 2.32. The van der Waals surface area contributed by atoms with Gasteiger partial charge in [0.15, 0.2) is 0 Å². The zero-order chi connectivity index (χ0) is 14.3. The number of aromatic nitrogens is 3. The topological polar surface area (TPSA) is 56.7 Å². The van der Waals surface area contributed by atoms with Crippen molar-refractivity contribution < 1.29 is 13.2 Å². The molecule has 0 amide bonds. The van der Waals surface area contributed by atoms with E-state index in [-0.39, 0.29) is 0 Å². The summed E-state index contributed by atoms with van der Waals surface area (Å²) < 4.78 is 38.8. The molecule has 0 saturated heterocycles. The van der Waals surface area contributed by atoms with Crippen molar-refractivity contribution in [3.63, 3.8) is 0 Å². The Kier molecular flexibility index (Phi) is 2.63. The summed E-state index contributed by atoms with van der Waals surface area (Å²) >= 11 is 0. The van der Waals surface area contributed by atoms with E-state index in [4.69, 9.17) is 5.73 Å². The van der Waals surface area contributed by atoms with Gasteiger partial charge in [-0.15, -0.1) is 0 Å². The lowest BCUT2D eigenvalue weighted by Gasteiger charge is -2.08. The Morgan fingerprint density at radius 2 is 1.95 bits per heavy atom. The van der Waals surface area contributed by atoms with E-state index in [1.165, 1.54) is 0 Å². The van der Waals surface area contributed by atoms with Gasteiger partial charge in [-0.25, -0.2) is 4.68 Å². The Hall–Kier alpha value is -2.57. The lowest BCUT2D eigenvalue weighted by Crippen LogP contribution is -2.04. The van der Waals surface area contributed by atoms with Gasteiger partial charge < -0.3 is 5.73 Å². The average Bonchev–Trinajstić information content (AvgIpc) is 2.89. The molecule has 0 aliphatic heterocycles. The predicted octanol–water partition coefficient (Wildman–Crippen LogP) is 3.02. The number of nitrogens with zero attached hydrogens (tertiary/aromatic N) is 3. The minimum Gasteiger partial charge on any atom is -0.396 e. The Morgan fingerprint density at radius 1 is 1.15 bits per heavy atom. The molecule has 102 valence electrons.